The van der Waals surface area contributed by atoms with Gasteiger partial charge in [0.1, 0.15) is 11.9 Å². The summed E-state index contributed by atoms with van der Waals surface area (Å²) in [6.45, 7) is 5.74. The maximum Gasteiger partial charge on any atom is 0.332 e. The molecule has 200 valence electrons. The van der Waals surface area contributed by atoms with Crippen molar-refractivity contribution >= 4 is 22.6 Å². The van der Waals surface area contributed by atoms with Gasteiger partial charge in [0, 0.05) is 42.5 Å². The Labute approximate surface area is 219 Å². The highest BCUT2D eigenvalue weighted by atomic mass is 19.1. The Bertz CT molecular complexity index is 1600. The molecule has 0 unspecified atom stereocenters. The second-order valence-corrected chi connectivity index (χ2v) is 10.2. The Morgan fingerprint density at radius 3 is 2.58 bits per heavy atom. The molecule has 5 rings (SSSR count). The van der Waals surface area contributed by atoms with Crippen molar-refractivity contribution in [3.05, 3.63) is 67.4 Å². The Hall–Kier alpha value is -3.71. The molecule has 9 nitrogen and oxygen atoms in total. The van der Waals surface area contributed by atoms with Crippen molar-refractivity contribution in [2.45, 2.75) is 84.5 Å². The number of hydrogen-bond acceptors (Lipinski definition) is 6. The molecule has 38 heavy (non-hydrogen) atoms. The minimum Gasteiger partial charge on any atom is -0.477 e. The van der Waals surface area contributed by atoms with Crippen LogP contribution >= 0.6 is 0 Å². The fraction of sp³-hybridized carbons (Fsp3) is 0.500. The van der Waals surface area contributed by atoms with Gasteiger partial charge in [-0.15, -0.1) is 0 Å². The SMILES string of the molecule is CC1=C(c2nc3c(c(=O)n(CCCO)c(=O)n3C(C)C)n2CC2=C=C=C(F)C=C2)CCC(OC2CCC2)=N1. The number of rotatable bonds is 8. The van der Waals surface area contributed by atoms with E-state index in [-0.39, 0.29) is 49.4 Å². The molecule has 3 aliphatic rings. The van der Waals surface area contributed by atoms with Crippen LogP contribution in [0.5, 0.6) is 0 Å². The molecule has 1 fully saturated rings. The fourth-order valence-electron chi connectivity index (χ4n) is 4.95. The van der Waals surface area contributed by atoms with Crippen LogP contribution in [0.15, 0.2) is 55.3 Å². The summed E-state index contributed by atoms with van der Waals surface area (Å²) in [6, 6.07) is -0.269. The first kappa shape index (κ1) is 25.9. The third-order valence-electron chi connectivity index (χ3n) is 7.16. The molecular formula is C28H32FN5O4. The number of imidazole rings is 1. The monoisotopic (exact) mass is 521 g/mol. The summed E-state index contributed by atoms with van der Waals surface area (Å²) >= 11 is 0. The predicted octanol–water partition coefficient (Wildman–Crippen LogP) is 3.92. The van der Waals surface area contributed by atoms with Gasteiger partial charge in [-0.3, -0.25) is 13.9 Å². The molecule has 0 saturated heterocycles. The van der Waals surface area contributed by atoms with E-state index in [1.54, 1.807) is 10.6 Å². The molecule has 0 spiro atoms. The summed E-state index contributed by atoms with van der Waals surface area (Å²) in [6.07, 6.45) is 7.89. The van der Waals surface area contributed by atoms with Gasteiger partial charge in [0.25, 0.3) is 5.56 Å². The minimum absolute atomic E-state index is 0.0850. The third kappa shape index (κ3) is 4.78. The third-order valence-corrected chi connectivity index (χ3v) is 7.16. The van der Waals surface area contributed by atoms with Gasteiger partial charge in [-0.25, -0.2) is 14.8 Å². The van der Waals surface area contributed by atoms with E-state index in [1.807, 2.05) is 20.8 Å². The Kier molecular flexibility index (Phi) is 7.21. The summed E-state index contributed by atoms with van der Waals surface area (Å²) in [4.78, 5) is 36.7. The molecule has 0 aromatic carbocycles. The van der Waals surface area contributed by atoms with Gasteiger partial charge < -0.3 is 14.4 Å². The number of fused-ring (bicyclic) bond motifs is 1. The van der Waals surface area contributed by atoms with E-state index in [0.717, 1.165) is 28.7 Å². The van der Waals surface area contributed by atoms with Crippen molar-refractivity contribution in [2.24, 2.45) is 4.99 Å². The lowest BCUT2D eigenvalue weighted by Crippen LogP contribution is -2.41. The minimum atomic E-state index is -0.524. The average molecular weight is 522 g/mol. The fourth-order valence-corrected chi connectivity index (χ4v) is 4.95. The van der Waals surface area contributed by atoms with Crippen molar-refractivity contribution in [3.63, 3.8) is 0 Å². The lowest BCUT2D eigenvalue weighted by Gasteiger charge is -2.28. The Morgan fingerprint density at radius 1 is 1.18 bits per heavy atom. The number of aliphatic hydroxyl groups excluding tert-OH is 1. The molecule has 2 aromatic heterocycles. The van der Waals surface area contributed by atoms with Crippen LogP contribution in [0, 0.1) is 0 Å². The molecule has 1 aliphatic heterocycles. The standard InChI is InChI=1S/C28H32FN5O4/c1-17(2)34-26-24(27(36)32(28(34)37)14-5-15-35)33(16-19-8-10-20(29)11-9-19)25(31-26)22-12-13-23(30-18(22)3)38-21-6-4-7-21/h8,10,17,21,35H,4-7,12-16H2,1-3H3. The van der Waals surface area contributed by atoms with Crippen molar-refractivity contribution < 1.29 is 14.2 Å². The molecule has 1 saturated carbocycles. The van der Waals surface area contributed by atoms with Crippen molar-refractivity contribution in [3.8, 4) is 0 Å². The van der Waals surface area contributed by atoms with Crippen molar-refractivity contribution in [2.75, 3.05) is 6.61 Å². The van der Waals surface area contributed by atoms with Crippen LogP contribution in [0.2, 0.25) is 0 Å². The number of halogens is 1. The zero-order valence-corrected chi connectivity index (χ0v) is 22.0. The summed E-state index contributed by atoms with van der Waals surface area (Å²) in [5, 5.41) is 9.36. The zero-order chi connectivity index (χ0) is 27.0. The maximum absolute atomic E-state index is 13.8. The van der Waals surface area contributed by atoms with Gasteiger partial charge in [-0.2, -0.15) is 4.39 Å². The van der Waals surface area contributed by atoms with E-state index < -0.39 is 17.1 Å². The second kappa shape index (κ2) is 10.6. The van der Waals surface area contributed by atoms with E-state index in [4.69, 9.17) is 14.7 Å². The van der Waals surface area contributed by atoms with Crippen LogP contribution in [0.4, 0.5) is 4.39 Å². The Morgan fingerprint density at radius 2 is 1.97 bits per heavy atom. The quantitative estimate of drug-likeness (QED) is 0.531. The van der Waals surface area contributed by atoms with Gasteiger partial charge in [0.2, 0.25) is 0 Å². The highest BCUT2D eigenvalue weighted by molar-refractivity contribution is 5.86. The number of nitrogens with zero attached hydrogens (tertiary/aromatic N) is 5. The summed E-state index contributed by atoms with van der Waals surface area (Å²) in [5.41, 5.74) is 7.10. The summed E-state index contributed by atoms with van der Waals surface area (Å²) < 4.78 is 24.1. The first-order valence-corrected chi connectivity index (χ1v) is 13.2. The molecule has 2 aliphatic carbocycles. The van der Waals surface area contributed by atoms with Crippen LogP contribution in [-0.2, 0) is 17.8 Å². The molecule has 0 radical (unpaired) electrons. The molecule has 0 atom stereocenters. The van der Waals surface area contributed by atoms with Crippen LogP contribution in [0.25, 0.3) is 16.7 Å². The van der Waals surface area contributed by atoms with Crippen molar-refractivity contribution in [1.29, 1.82) is 0 Å². The largest absolute Gasteiger partial charge is 0.477 e. The van der Waals surface area contributed by atoms with Crippen LogP contribution in [0.3, 0.4) is 0 Å². The number of aliphatic imine (C=N–C) groups is 1. The Balaban J connectivity index is 1.74. The lowest BCUT2D eigenvalue weighted by molar-refractivity contribution is 0.104. The van der Waals surface area contributed by atoms with Gasteiger partial charge in [-0.1, -0.05) is 5.73 Å². The summed E-state index contributed by atoms with van der Waals surface area (Å²) in [7, 11) is 0. The first-order valence-electron chi connectivity index (χ1n) is 13.2. The molecule has 3 heterocycles. The lowest BCUT2D eigenvalue weighted by atomic mass is 9.96. The second-order valence-electron chi connectivity index (χ2n) is 10.2. The molecule has 2 aromatic rings. The maximum atomic E-state index is 13.8. The number of ether oxygens (including phenoxy) is 1. The van der Waals surface area contributed by atoms with E-state index in [1.165, 1.54) is 17.1 Å². The van der Waals surface area contributed by atoms with Gasteiger partial charge in [0.15, 0.2) is 22.9 Å². The van der Waals surface area contributed by atoms with Gasteiger partial charge >= 0.3 is 5.69 Å². The average Bonchev–Trinajstić information content (AvgIpc) is 3.21. The van der Waals surface area contributed by atoms with Crippen LogP contribution in [0.1, 0.15) is 71.2 Å². The number of hydrogen-bond donors (Lipinski definition) is 1. The normalized spacial score (nSPS) is 17.7. The topological polar surface area (TPSA) is 104 Å². The number of allylic oxidation sites excluding steroid dienone is 6. The molecule has 0 amide bonds. The van der Waals surface area contributed by atoms with E-state index in [2.05, 4.69) is 11.5 Å². The van der Waals surface area contributed by atoms with E-state index >= 15 is 0 Å². The highest BCUT2D eigenvalue weighted by Crippen LogP contribution is 2.33. The molecular weight excluding hydrogens is 489 g/mol. The van der Waals surface area contributed by atoms with Crippen molar-refractivity contribution in [1.82, 2.24) is 18.7 Å². The van der Waals surface area contributed by atoms with E-state index in [0.29, 0.717) is 30.1 Å². The molecule has 10 heteroatoms. The van der Waals surface area contributed by atoms with Gasteiger partial charge in [0.05, 0.1) is 6.54 Å². The number of aromatic nitrogens is 4. The van der Waals surface area contributed by atoms with Crippen LogP contribution in [-0.4, -0.2) is 42.4 Å². The molecule has 1 N–H and O–H groups in total. The number of aliphatic hydroxyl groups is 1. The predicted molar refractivity (Wildman–Crippen MR) is 143 cm³/mol. The molecule has 0 bridgehead atoms. The van der Waals surface area contributed by atoms with Crippen LogP contribution < -0.4 is 11.2 Å². The smallest absolute Gasteiger partial charge is 0.332 e. The summed E-state index contributed by atoms with van der Waals surface area (Å²) in [5.74, 6) is 0.724. The van der Waals surface area contributed by atoms with E-state index in [9.17, 15) is 19.1 Å². The van der Waals surface area contributed by atoms with Gasteiger partial charge in [-0.05, 0) is 70.8 Å². The first-order chi connectivity index (χ1) is 18.3. The zero-order valence-electron chi connectivity index (χ0n) is 22.0. The highest BCUT2D eigenvalue weighted by Gasteiger charge is 2.28.